The highest BCUT2D eigenvalue weighted by molar-refractivity contribution is 5.95. The Hall–Kier alpha value is -5.43. The fourth-order valence-corrected chi connectivity index (χ4v) is 4.31. The maximum atomic E-state index is 13.4. The highest BCUT2D eigenvalue weighted by atomic mass is 16.4. The molecule has 0 heterocycles. The number of rotatable bonds is 15. The second-order valence-corrected chi connectivity index (χ2v) is 10.2. The Bertz CT molecular complexity index is 1450. The van der Waals surface area contributed by atoms with Gasteiger partial charge in [0, 0.05) is 12.8 Å². The molecule has 0 saturated carbocycles. The molecule has 3 amide bonds. The predicted molar refractivity (Wildman–Crippen MR) is 157 cm³/mol. The van der Waals surface area contributed by atoms with Crippen LogP contribution in [0.1, 0.15) is 23.1 Å². The van der Waals surface area contributed by atoms with Crippen LogP contribution in [0.4, 0.5) is 0 Å². The maximum absolute atomic E-state index is 13.4. The predicted octanol–water partition coefficient (Wildman–Crippen LogP) is 0.467. The summed E-state index contributed by atoms with van der Waals surface area (Å²) in [5.41, 5.74) is 7.87. The molecule has 9 N–H and O–H groups in total. The number of benzene rings is 3. The molecule has 13 heteroatoms. The minimum absolute atomic E-state index is 0.0235. The van der Waals surface area contributed by atoms with Crippen LogP contribution in [-0.2, 0) is 43.2 Å². The van der Waals surface area contributed by atoms with Crippen LogP contribution in [0.3, 0.4) is 0 Å². The number of phenolic OH excluding ortho intramolecular Hbond substituents is 2. The van der Waals surface area contributed by atoms with Gasteiger partial charge in [0.05, 0.1) is 12.5 Å². The van der Waals surface area contributed by atoms with Gasteiger partial charge in [0.1, 0.15) is 29.6 Å². The molecule has 3 rings (SSSR count). The second kappa shape index (κ2) is 15.7. The number of amides is 3. The Morgan fingerprint density at radius 3 is 1.52 bits per heavy atom. The number of phenols is 2. The minimum atomic E-state index is -1.68. The number of carboxylic acid groups (broad SMARTS) is 2. The Kier molecular flexibility index (Phi) is 11.8. The highest BCUT2D eigenvalue weighted by Crippen LogP contribution is 2.13. The van der Waals surface area contributed by atoms with Gasteiger partial charge in [-0.05, 0) is 47.4 Å². The van der Waals surface area contributed by atoms with Gasteiger partial charge in [-0.3, -0.25) is 19.2 Å². The average molecular weight is 607 g/mol. The molecule has 0 aliphatic heterocycles. The Morgan fingerprint density at radius 2 is 1.00 bits per heavy atom. The summed E-state index contributed by atoms with van der Waals surface area (Å²) in [4.78, 5) is 63.0. The van der Waals surface area contributed by atoms with Gasteiger partial charge >= 0.3 is 11.9 Å². The topological polar surface area (TPSA) is 228 Å². The van der Waals surface area contributed by atoms with Gasteiger partial charge in [0.25, 0.3) is 0 Å². The summed E-state index contributed by atoms with van der Waals surface area (Å²) in [6.07, 6.45) is -0.978. The van der Waals surface area contributed by atoms with E-state index in [0.29, 0.717) is 16.7 Å². The SMILES string of the molecule is NC(Cc1ccc(O)cc1)C(=O)NC(Cc1ccccc1)C(=O)NC(CC(=O)O)C(=O)NC(Cc1ccc(O)cc1)C(=O)O. The number of carboxylic acids is 2. The van der Waals surface area contributed by atoms with Gasteiger partial charge in [0.2, 0.25) is 17.7 Å². The van der Waals surface area contributed by atoms with Crippen molar-refractivity contribution in [2.24, 2.45) is 5.73 Å². The molecule has 13 nitrogen and oxygen atoms in total. The van der Waals surface area contributed by atoms with E-state index >= 15 is 0 Å². The smallest absolute Gasteiger partial charge is 0.326 e. The van der Waals surface area contributed by atoms with Gasteiger partial charge in [-0.2, -0.15) is 0 Å². The second-order valence-electron chi connectivity index (χ2n) is 10.2. The number of aromatic hydroxyl groups is 2. The van der Waals surface area contributed by atoms with Gasteiger partial charge < -0.3 is 42.1 Å². The molecular formula is C31H34N4O9. The number of nitrogens with one attached hydrogen (secondary N) is 3. The fourth-order valence-electron chi connectivity index (χ4n) is 4.31. The van der Waals surface area contributed by atoms with Crippen LogP contribution in [0.15, 0.2) is 78.9 Å². The summed E-state index contributed by atoms with van der Waals surface area (Å²) in [5.74, 6) is -5.45. The first-order valence-corrected chi connectivity index (χ1v) is 13.6. The lowest BCUT2D eigenvalue weighted by Gasteiger charge is -2.25. The highest BCUT2D eigenvalue weighted by Gasteiger charge is 2.32. The van der Waals surface area contributed by atoms with Crippen molar-refractivity contribution >= 4 is 29.7 Å². The molecule has 4 unspecified atom stereocenters. The van der Waals surface area contributed by atoms with E-state index in [1.165, 1.54) is 36.4 Å². The van der Waals surface area contributed by atoms with Crippen LogP contribution in [0.25, 0.3) is 0 Å². The van der Waals surface area contributed by atoms with Crippen molar-refractivity contribution in [1.82, 2.24) is 16.0 Å². The summed E-state index contributed by atoms with van der Waals surface area (Å²) in [6.45, 7) is 0. The van der Waals surface area contributed by atoms with Crippen LogP contribution < -0.4 is 21.7 Å². The van der Waals surface area contributed by atoms with Crippen molar-refractivity contribution in [3.8, 4) is 11.5 Å². The third kappa shape index (κ3) is 10.4. The molecule has 3 aromatic carbocycles. The van der Waals surface area contributed by atoms with E-state index in [1.54, 1.807) is 42.5 Å². The monoisotopic (exact) mass is 606 g/mol. The molecule has 0 aliphatic rings. The van der Waals surface area contributed by atoms with Crippen molar-refractivity contribution in [2.45, 2.75) is 49.9 Å². The van der Waals surface area contributed by atoms with E-state index in [9.17, 15) is 44.4 Å². The van der Waals surface area contributed by atoms with E-state index < -0.39 is 60.2 Å². The number of hydrogen-bond acceptors (Lipinski definition) is 8. The molecule has 0 aliphatic carbocycles. The Labute approximate surface area is 252 Å². The Balaban J connectivity index is 1.76. The van der Waals surface area contributed by atoms with E-state index in [4.69, 9.17) is 5.73 Å². The minimum Gasteiger partial charge on any atom is -0.508 e. The van der Waals surface area contributed by atoms with Gasteiger partial charge in [-0.1, -0.05) is 54.6 Å². The molecular weight excluding hydrogens is 572 g/mol. The van der Waals surface area contributed by atoms with Crippen LogP contribution in [0.2, 0.25) is 0 Å². The van der Waals surface area contributed by atoms with Gasteiger partial charge in [-0.15, -0.1) is 0 Å². The van der Waals surface area contributed by atoms with Crippen molar-refractivity contribution < 1.29 is 44.4 Å². The third-order valence-corrected chi connectivity index (χ3v) is 6.65. The number of hydrogen-bond donors (Lipinski definition) is 8. The van der Waals surface area contributed by atoms with E-state index in [-0.39, 0.29) is 30.8 Å². The summed E-state index contributed by atoms with van der Waals surface area (Å²) >= 11 is 0. The lowest BCUT2D eigenvalue weighted by Crippen LogP contribution is -2.58. The third-order valence-electron chi connectivity index (χ3n) is 6.65. The van der Waals surface area contributed by atoms with E-state index in [0.717, 1.165) is 0 Å². The van der Waals surface area contributed by atoms with Crippen LogP contribution in [0, 0.1) is 0 Å². The first-order valence-electron chi connectivity index (χ1n) is 13.6. The number of carbonyl (C=O) groups is 5. The molecule has 0 aromatic heterocycles. The van der Waals surface area contributed by atoms with E-state index in [1.807, 2.05) is 0 Å². The average Bonchev–Trinajstić information content (AvgIpc) is 2.98. The quantitative estimate of drug-likeness (QED) is 0.119. The molecule has 0 saturated heterocycles. The molecule has 4 atom stereocenters. The lowest BCUT2D eigenvalue weighted by molar-refractivity contribution is -0.143. The maximum Gasteiger partial charge on any atom is 0.326 e. The van der Waals surface area contributed by atoms with Crippen LogP contribution >= 0.6 is 0 Å². The molecule has 44 heavy (non-hydrogen) atoms. The number of carbonyl (C=O) groups excluding carboxylic acids is 3. The zero-order valence-corrected chi connectivity index (χ0v) is 23.6. The first kappa shape index (κ1) is 33.1. The first-order chi connectivity index (χ1) is 20.9. The van der Waals surface area contributed by atoms with Crippen molar-refractivity contribution in [3.63, 3.8) is 0 Å². The molecule has 232 valence electrons. The largest absolute Gasteiger partial charge is 0.508 e. The molecule has 0 bridgehead atoms. The van der Waals surface area contributed by atoms with Gasteiger partial charge in [-0.25, -0.2) is 4.79 Å². The van der Waals surface area contributed by atoms with Crippen molar-refractivity contribution in [1.29, 1.82) is 0 Å². The van der Waals surface area contributed by atoms with Crippen LogP contribution in [-0.4, -0.2) is 74.3 Å². The lowest BCUT2D eigenvalue weighted by atomic mass is 10.0. The van der Waals surface area contributed by atoms with E-state index in [2.05, 4.69) is 16.0 Å². The molecule has 0 spiro atoms. The Morgan fingerprint density at radius 1 is 0.568 bits per heavy atom. The van der Waals surface area contributed by atoms with Gasteiger partial charge in [0.15, 0.2) is 0 Å². The molecule has 0 radical (unpaired) electrons. The van der Waals surface area contributed by atoms with Crippen LogP contribution in [0.5, 0.6) is 11.5 Å². The molecule has 0 fully saturated rings. The standard InChI is InChI=1S/C31H34N4O9/c32-23(14-19-6-10-21(36)11-7-19)28(40)33-24(15-18-4-2-1-3-5-18)29(41)34-25(17-27(38)39)30(42)35-26(31(43)44)16-20-8-12-22(37)13-9-20/h1-13,23-26,36-37H,14-17,32H2,(H,33,40)(H,34,41)(H,35,42)(H,38,39)(H,43,44). The molecule has 3 aromatic rings. The summed E-state index contributed by atoms with van der Waals surface area (Å²) < 4.78 is 0. The summed E-state index contributed by atoms with van der Waals surface area (Å²) in [5, 5.41) is 45.2. The zero-order valence-electron chi connectivity index (χ0n) is 23.6. The normalized spacial score (nSPS) is 13.5. The number of aliphatic carboxylic acids is 2. The zero-order chi connectivity index (χ0) is 32.2. The van der Waals surface area contributed by atoms with Crippen molar-refractivity contribution in [3.05, 3.63) is 95.6 Å². The summed E-state index contributed by atoms with van der Waals surface area (Å²) in [7, 11) is 0. The summed E-state index contributed by atoms with van der Waals surface area (Å²) in [6, 6.07) is 14.8. The van der Waals surface area contributed by atoms with Crippen molar-refractivity contribution in [2.75, 3.05) is 0 Å². The fraction of sp³-hybridized carbons (Fsp3) is 0.258. The number of nitrogens with two attached hydrogens (primary N) is 1.